The summed E-state index contributed by atoms with van der Waals surface area (Å²) in [4.78, 5) is 16.6. The third-order valence-electron chi connectivity index (χ3n) is 2.70. The Bertz CT molecular complexity index is 335. The number of amides is 1. The molecule has 1 amide bonds. The van der Waals surface area contributed by atoms with E-state index >= 15 is 0 Å². The minimum absolute atomic E-state index is 0.215. The molecule has 0 spiro atoms. The highest BCUT2D eigenvalue weighted by Gasteiger charge is 2.28. The van der Waals surface area contributed by atoms with Gasteiger partial charge in [-0.3, -0.25) is 9.78 Å². The molecule has 1 unspecified atom stereocenters. The van der Waals surface area contributed by atoms with Crippen LogP contribution in [0.3, 0.4) is 0 Å². The molecule has 1 aromatic rings. The number of rotatable bonds is 6. The van der Waals surface area contributed by atoms with Crippen molar-refractivity contribution in [2.75, 3.05) is 13.1 Å². The van der Waals surface area contributed by atoms with Gasteiger partial charge < -0.3 is 10.6 Å². The Morgan fingerprint density at radius 2 is 2.44 bits per heavy atom. The van der Waals surface area contributed by atoms with Gasteiger partial charge in [0, 0.05) is 36.1 Å². The Balaban J connectivity index is 1.59. The second-order valence-electron chi connectivity index (χ2n) is 4.14. The molecule has 1 aromatic heterocycles. The van der Waals surface area contributed by atoms with E-state index in [1.807, 2.05) is 11.7 Å². The fraction of sp³-hybridized carbons (Fsp3) is 0.636. The van der Waals surface area contributed by atoms with Gasteiger partial charge in [0.1, 0.15) is 0 Å². The van der Waals surface area contributed by atoms with Crippen molar-refractivity contribution in [3.05, 3.63) is 16.6 Å². The van der Waals surface area contributed by atoms with Crippen molar-refractivity contribution in [2.24, 2.45) is 5.92 Å². The summed E-state index contributed by atoms with van der Waals surface area (Å²) >= 11 is 1.65. The van der Waals surface area contributed by atoms with E-state index in [9.17, 15) is 4.79 Å². The van der Waals surface area contributed by atoms with Crippen LogP contribution in [0, 0.1) is 5.92 Å². The molecule has 2 N–H and O–H groups in total. The maximum atomic E-state index is 11.3. The summed E-state index contributed by atoms with van der Waals surface area (Å²) in [5.41, 5.74) is 1.84. The number of hydrogen-bond acceptors (Lipinski definition) is 4. The number of aromatic nitrogens is 1. The van der Waals surface area contributed by atoms with Crippen LogP contribution in [-0.4, -0.2) is 24.0 Å². The number of thiazole rings is 1. The van der Waals surface area contributed by atoms with Crippen LogP contribution >= 0.6 is 11.3 Å². The molecule has 1 aliphatic carbocycles. The summed E-state index contributed by atoms with van der Waals surface area (Å²) in [6.07, 6.45) is 4.01. The number of hydrogen-bond donors (Lipinski definition) is 2. The fourth-order valence-corrected chi connectivity index (χ4v) is 2.16. The van der Waals surface area contributed by atoms with Crippen molar-refractivity contribution < 1.29 is 4.79 Å². The zero-order valence-electron chi connectivity index (χ0n) is 9.40. The molecule has 0 aromatic carbocycles. The molecule has 5 heteroatoms. The minimum atomic E-state index is 0.215. The van der Waals surface area contributed by atoms with E-state index in [0.717, 1.165) is 19.4 Å². The summed E-state index contributed by atoms with van der Waals surface area (Å²) in [7, 11) is 0. The minimum Gasteiger partial charge on any atom is -0.355 e. The van der Waals surface area contributed by atoms with E-state index < -0.39 is 0 Å². The first-order valence-electron chi connectivity index (χ1n) is 5.67. The zero-order chi connectivity index (χ0) is 11.4. The van der Waals surface area contributed by atoms with Crippen molar-refractivity contribution in [3.63, 3.8) is 0 Å². The van der Waals surface area contributed by atoms with Gasteiger partial charge in [-0.15, -0.1) is 11.3 Å². The maximum Gasteiger partial charge on any atom is 0.223 e. The van der Waals surface area contributed by atoms with Crippen molar-refractivity contribution in [1.29, 1.82) is 0 Å². The Labute approximate surface area is 99.5 Å². The first kappa shape index (κ1) is 11.5. The van der Waals surface area contributed by atoms with Gasteiger partial charge in [0.05, 0.1) is 5.51 Å². The molecule has 1 heterocycles. The van der Waals surface area contributed by atoms with Crippen LogP contribution in [0.1, 0.15) is 30.7 Å². The molecule has 2 rings (SSSR count). The molecular weight excluding hydrogens is 222 g/mol. The van der Waals surface area contributed by atoms with Gasteiger partial charge in [-0.05, 0) is 19.8 Å². The second-order valence-corrected chi connectivity index (χ2v) is 5.06. The number of carbonyl (C=O) groups is 1. The molecule has 0 saturated heterocycles. The summed E-state index contributed by atoms with van der Waals surface area (Å²) in [6, 6.07) is 0.310. The Kier molecular flexibility index (Phi) is 3.90. The fourth-order valence-electron chi connectivity index (χ4n) is 1.50. The van der Waals surface area contributed by atoms with Crippen molar-refractivity contribution in [3.8, 4) is 0 Å². The smallest absolute Gasteiger partial charge is 0.223 e. The Hall–Kier alpha value is -0.940. The van der Waals surface area contributed by atoms with Gasteiger partial charge in [0.15, 0.2) is 0 Å². The molecule has 1 aliphatic rings. The monoisotopic (exact) mass is 239 g/mol. The lowest BCUT2D eigenvalue weighted by Crippen LogP contribution is -2.33. The first-order valence-corrected chi connectivity index (χ1v) is 6.55. The molecular formula is C11H17N3OS. The zero-order valence-corrected chi connectivity index (χ0v) is 10.2. The van der Waals surface area contributed by atoms with Gasteiger partial charge in [-0.2, -0.15) is 0 Å². The average Bonchev–Trinajstić information content (AvgIpc) is 2.99. The molecule has 16 heavy (non-hydrogen) atoms. The van der Waals surface area contributed by atoms with E-state index in [1.54, 1.807) is 11.3 Å². The lowest BCUT2D eigenvalue weighted by molar-refractivity contribution is -0.122. The van der Waals surface area contributed by atoms with Gasteiger partial charge in [-0.25, -0.2) is 0 Å². The lowest BCUT2D eigenvalue weighted by Gasteiger charge is -2.11. The van der Waals surface area contributed by atoms with Gasteiger partial charge in [-0.1, -0.05) is 0 Å². The van der Waals surface area contributed by atoms with Gasteiger partial charge >= 0.3 is 0 Å². The quantitative estimate of drug-likeness (QED) is 0.736. The van der Waals surface area contributed by atoms with Crippen molar-refractivity contribution in [2.45, 2.75) is 25.8 Å². The highest BCUT2D eigenvalue weighted by molar-refractivity contribution is 7.09. The van der Waals surface area contributed by atoms with Crippen molar-refractivity contribution >= 4 is 17.2 Å². The van der Waals surface area contributed by atoms with E-state index in [0.29, 0.717) is 18.5 Å². The number of nitrogens with zero attached hydrogens (tertiary/aromatic N) is 1. The van der Waals surface area contributed by atoms with E-state index in [2.05, 4.69) is 22.5 Å². The van der Waals surface area contributed by atoms with Crippen LogP contribution in [0.5, 0.6) is 0 Å². The molecule has 1 fully saturated rings. The van der Waals surface area contributed by atoms with Crippen LogP contribution < -0.4 is 10.6 Å². The Morgan fingerprint density at radius 1 is 1.62 bits per heavy atom. The van der Waals surface area contributed by atoms with Gasteiger partial charge in [0.25, 0.3) is 0 Å². The molecule has 88 valence electrons. The summed E-state index contributed by atoms with van der Waals surface area (Å²) in [6.45, 7) is 3.62. The molecule has 4 nitrogen and oxygen atoms in total. The lowest BCUT2D eigenvalue weighted by atomic mass is 10.3. The Morgan fingerprint density at radius 3 is 3.06 bits per heavy atom. The van der Waals surface area contributed by atoms with Crippen LogP contribution in [0.2, 0.25) is 0 Å². The van der Waals surface area contributed by atoms with Crippen molar-refractivity contribution in [1.82, 2.24) is 15.6 Å². The molecule has 0 bridgehead atoms. The SMILES string of the molecule is CC(NCCNC(=O)C1CC1)c1cncs1. The van der Waals surface area contributed by atoms with Gasteiger partial charge in [0.2, 0.25) is 5.91 Å². The number of nitrogens with one attached hydrogen (secondary N) is 2. The third-order valence-corrected chi connectivity index (χ3v) is 3.66. The number of carbonyl (C=O) groups excluding carboxylic acids is 1. The topological polar surface area (TPSA) is 54.0 Å². The van der Waals surface area contributed by atoms with E-state index in [-0.39, 0.29) is 5.91 Å². The molecule has 0 aliphatic heterocycles. The standard InChI is InChI=1S/C11H17N3OS/c1-8(10-6-12-7-16-10)13-4-5-14-11(15)9-2-3-9/h6-9,13H,2-5H2,1H3,(H,14,15). The molecule has 1 saturated carbocycles. The van der Waals surface area contributed by atoms with E-state index in [4.69, 9.17) is 0 Å². The summed E-state index contributed by atoms with van der Waals surface area (Å²) in [5, 5.41) is 6.29. The predicted molar refractivity (Wildman–Crippen MR) is 64.3 cm³/mol. The predicted octanol–water partition coefficient (Wildman–Crippen LogP) is 1.32. The summed E-state index contributed by atoms with van der Waals surface area (Å²) < 4.78 is 0. The highest BCUT2D eigenvalue weighted by atomic mass is 32.1. The average molecular weight is 239 g/mol. The van der Waals surface area contributed by atoms with E-state index in [1.165, 1.54) is 4.88 Å². The van der Waals surface area contributed by atoms with Crippen LogP contribution in [0.4, 0.5) is 0 Å². The second kappa shape index (κ2) is 5.41. The maximum absolute atomic E-state index is 11.3. The normalized spacial score (nSPS) is 17.1. The summed E-state index contributed by atoms with van der Waals surface area (Å²) in [5.74, 6) is 0.520. The van der Waals surface area contributed by atoms with Crippen LogP contribution in [-0.2, 0) is 4.79 Å². The first-order chi connectivity index (χ1) is 7.77. The largest absolute Gasteiger partial charge is 0.355 e. The highest BCUT2D eigenvalue weighted by Crippen LogP contribution is 2.28. The molecule has 1 atom stereocenters. The molecule has 0 radical (unpaired) electrons. The third kappa shape index (κ3) is 3.28. The van der Waals surface area contributed by atoms with Crippen LogP contribution in [0.15, 0.2) is 11.7 Å². The van der Waals surface area contributed by atoms with Crippen LogP contribution in [0.25, 0.3) is 0 Å².